The van der Waals surface area contributed by atoms with Crippen LogP contribution in [0.4, 0.5) is 0 Å². The predicted octanol–water partition coefficient (Wildman–Crippen LogP) is 1.19. The number of hydrogen-bond donors (Lipinski definition) is 1. The van der Waals surface area contributed by atoms with E-state index in [4.69, 9.17) is 9.15 Å². The number of aromatic nitrogens is 3. The van der Waals surface area contributed by atoms with Gasteiger partial charge in [-0.25, -0.2) is 9.50 Å². The van der Waals surface area contributed by atoms with E-state index in [0.29, 0.717) is 18.8 Å². The van der Waals surface area contributed by atoms with Crippen molar-refractivity contribution in [3.63, 3.8) is 0 Å². The number of hydrogen-bond acceptors (Lipinski definition) is 5. The van der Waals surface area contributed by atoms with Gasteiger partial charge in [0.25, 0.3) is 5.56 Å². The van der Waals surface area contributed by atoms with Crippen LogP contribution >= 0.6 is 0 Å². The summed E-state index contributed by atoms with van der Waals surface area (Å²) in [6.45, 7) is 2.79. The van der Waals surface area contributed by atoms with Gasteiger partial charge in [0, 0.05) is 38.0 Å². The molecule has 0 spiro atoms. The van der Waals surface area contributed by atoms with Gasteiger partial charge in [-0.15, -0.1) is 0 Å². The van der Waals surface area contributed by atoms with Gasteiger partial charge in [0.15, 0.2) is 5.65 Å². The molecule has 3 aromatic rings. The number of nitrogens with one attached hydrogen (secondary N) is 1. The maximum atomic E-state index is 12.0. The minimum atomic E-state index is -0.0964. The lowest BCUT2D eigenvalue weighted by molar-refractivity contribution is -0.0431. The lowest BCUT2D eigenvalue weighted by Crippen LogP contribution is -2.38. The maximum absolute atomic E-state index is 12.0. The number of H-pyrrole nitrogens is 1. The van der Waals surface area contributed by atoms with Crippen LogP contribution in [0.5, 0.6) is 0 Å². The molecular weight excluding hydrogens is 284 g/mol. The summed E-state index contributed by atoms with van der Waals surface area (Å²) < 4.78 is 12.6. The van der Waals surface area contributed by atoms with E-state index in [2.05, 4.69) is 15.0 Å². The van der Waals surface area contributed by atoms with Crippen molar-refractivity contribution in [3.05, 3.63) is 58.5 Å². The van der Waals surface area contributed by atoms with E-state index in [1.54, 1.807) is 24.6 Å². The summed E-state index contributed by atoms with van der Waals surface area (Å²) in [6.07, 6.45) is 3.29. The second kappa shape index (κ2) is 5.43. The Morgan fingerprint density at radius 3 is 3.23 bits per heavy atom. The summed E-state index contributed by atoms with van der Waals surface area (Å²) in [5.41, 5.74) is 1.31. The molecule has 0 amide bonds. The molecule has 4 rings (SSSR count). The topological polar surface area (TPSA) is 75.8 Å². The first-order valence-corrected chi connectivity index (χ1v) is 7.23. The molecule has 3 aromatic heterocycles. The lowest BCUT2D eigenvalue weighted by atomic mass is 10.2. The van der Waals surface area contributed by atoms with Crippen LogP contribution in [0.25, 0.3) is 5.65 Å². The van der Waals surface area contributed by atoms with Crippen LogP contribution in [0, 0.1) is 0 Å². The van der Waals surface area contributed by atoms with Gasteiger partial charge < -0.3 is 9.15 Å². The van der Waals surface area contributed by atoms with E-state index in [9.17, 15) is 4.79 Å². The van der Waals surface area contributed by atoms with Crippen LogP contribution in [0.3, 0.4) is 0 Å². The SMILES string of the molecule is O=c1cc(CN2CCOC(c3ccco3)C2)nc2cc[nH]n12. The highest BCUT2D eigenvalue weighted by Crippen LogP contribution is 2.23. The molecule has 1 fully saturated rings. The number of ether oxygens (including phenoxy) is 1. The third-order valence-corrected chi connectivity index (χ3v) is 3.83. The van der Waals surface area contributed by atoms with Crippen LogP contribution < -0.4 is 5.56 Å². The first kappa shape index (κ1) is 13.3. The maximum Gasteiger partial charge on any atom is 0.272 e. The first-order chi connectivity index (χ1) is 10.8. The summed E-state index contributed by atoms with van der Waals surface area (Å²) in [5, 5.41) is 2.84. The second-order valence-electron chi connectivity index (χ2n) is 5.35. The van der Waals surface area contributed by atoms with Gasteiger partial charge in [-0.3, -0.25) is 14.8 Å². The summed E-state index contributed by atoms with van der Waals surface area (Å²) in [7, 11) is 0. The van der Waals surface area contributed by atoms with Crippen molar-refractivity contribution < 1.29 is 9.15 Å². The van der Waals surface area contributed by atoms with Crippen molar-refractivity contribution in [1.29, 1.82) is 0 Å². The fraction of sp³-hybridized carbons (Fsp3) is 0.333. The first-order valence-electron chi connectivity index (χ1n) is 7.23. The fourth-order valence-corrected chi connectivity index (χ4v) is 2.78. The Hall–Kier alpha value is -2.38. The Morgan fingerprint density at radius 2 is 2.36 bits per heavy atom. The number of aromatic amines is 1. The molecule has 1 atom stereocenters. The van der Waals surface area contributed by atoms with E-state index >= 15 is 0 Å². The third-order valence-electron chi connectivity index (χ3n) is 3.83. The monoisotopic (exact) mass is 300 g/mol. The third kappa shape index (κ3) is 2.44. The van der Waals surface area contributed by atoms with E-state index in [0.717, 1.165) is 24.5 Å². The second-order valence-corrected chi connectivity index (χ2v) is 5.35. The zero-order chi connectivity index (χ0) is 14.9. The lowest BCUT2D eigenvalue weighted by Gasteiger charge is -2.31. The number of rotatable bonds is 3. The van der Waals surface area contributed by atoms with E-state index < -0.39 is 0 Å². The van der Waals surface area contributed by atoms with Crippen molar-refractivity contribution in [2.45, 2.75) is 12.6 Å². The summed E-state index contributed by atoms with van der Waals surface area (Å²) >= 11 is 0. The van der Waals surface area contributed by atoms with Gasteiger partial charge in [-0.1, -0.05) is 0 Å². The molecule has 1 aliphatic rings. The Kier molecular flexibility index (Phi) is 3.28. The van der Waals surface area contributed by atoms with Gasteiger partial charge in [-0.05, 0) is 12.1 Å². The number of nitrogens with zero attached hydrogens (tertiary/aromatic N) is 3. The van der Waals surface area contributed by atoms with Crippen LogP contribution in [0.1, 0.15) is 17.6 Å². The summed E-state index contributed by atoms with van der Waals surface area (Å²) in [6, 6.07) is 7.14. The van der Waals surface area contributed by atoms with Crippen molar-refractivity contribution in [1.82, 2.24) is 19.5 Å². The highest BCUT2D eigenvalue weighted by Gasteiger charge is 2.24. The Balaban J connectivity index is 1.53. The van der Waals surface area contributed by atoms with Crippen LogP contribution in [0.2, 0.25) is 0 Å². The standard InChI is InChI=1S/C15H16N4O3/c20-15-8-11(17-14-3-4-16-19(14)15)9-18-5-7-22-13(10-18)12-2-1-6-21-12/h1-4,6,8,13,16H,5,7,9-10H2. The average molecular weight is 300 g/mol. The molecule has 0 bridgehead atoms. The van der Waals surface area contributed by atoms with E-state index in [-0.39, 0.29) is 11.7 Å². The minimum Gasteiger partial charge on any atom is -0.467 e. The highest BCUT2D eigenvalue weighted by molar-refractivity contribution is 5.36. The van der Waals surface area contributed by atoms with Gasteiger partial charge in [0.1, 0.15) is 11.9 Å². The molecule has 1 saturated heterocycles. The number of morpholine rings is 1. The molecule has 1 unspecified atom stereocenters. The fourth-order valence-electron chi connectivity index (χ4n) is 2.78. The molecule has 0 aliphatic carbocycles. The highest BCUT2D eigenvalue weighted by atomic mass is 16.5. The molecule has 7 nitrogen and oxygen atoms in total. The van der Waals surface area contributed by atoms with Gasteiger partial charge in [0.2, 0.25) is 0 Å². The minimum absolute atomic E-state index is 0.0687. The van der Waals surface area contributed by atoms with Crippen LogP contribution in [-0.4, -0.2) is 39.2 Å². The largest absolute Gasteiger partial charge is 0.467 e. The van der Waals surface area contributed by atoms with Crippen LogP contribution in [-0.2, 0) is 11.3 Å². The average Bonchev–Trinajstić information content (AvgIpc) is 3.19. The Bertz CT molecular complexity index is 821. The number of furan rings is 1. The quantitative estimate of drug-likeness (QED) is 0.786. The zero-order valence-corrected chi connectivity index (χ0v) is 11.9. The molecule has 0 radical (unpaired) electrons. The van der Waals surface area contributed by atoms with Crippen molar-refractivity contribution in [2.24, 2.45) is 0 Å². The van der Waals surface area contributed by atoms with Gasteiger partial charge >= 0.3 is 0 Å². The molecule has 0 saturated carbocycles. The summed E-state index contributed by atoms with van der Waals surface area (Å²) in [4.78, 5) is 18.7. The van der Waals surface area contributed by atoms with E-state index in [1.165, 1.54) is 4.52 Å². The molecule has 1 aliphatic heterocycles. The molecule has 0 aromatic carbocycles. The normalized spacial score (nSPS) is 19.7. The molecule has 7 heteroatoms. The van der Waals surface area contributed by atoms with Crippen molar-refractivity contribution >= 4 is 5.65 Å². The zero-order valence-electron chi connectivity index (χ0n) is 11.9. The smallest absolute Gasteiger partial charge is 0.272 e. The predicted molar refractivity (Wildman–Crippen MR) is 78.5 cm³/mol. The van der Waals surface area contributed by atoms with Crippen molar-refractivity contribution in [3.8, 4) is 0 Å². The van der Waals surface area contributed by atoms with Gasteiger partial charge in [0.05, 0.1) is 18.6 Å². The van der Waals surface area contributed by atoms with Crippen molar-refractivity contribution in [2.75, 3.05) is 19.7 Å². The molecule has 1 N–H and O–H groups in total. The molecule has 4 heterocycles. The Morgan fingerprint density at radius 1 is 1.41 bits per heavy atom. The van der Waals surface area contributed by atoms with E-state index in [1.807, 2.05) is 12.1 Å². The van der Waals surface area contributed by atoms with Crippen LogP contribution in [0.15, 0.2) is 45.9 Å². The summed E-state index contributed by atoms with van der Waals surface area (Å²) in [5.74, 6) is 0.832. The number of fused-ring (bicyclic) bond motifs is 1. The molecule has 114 valence electrons. The molecular formula is C15H16N4O3. The Labute approximate surface area is 126 Å². The van der Waals surface area contributed by atoms with Gasteiger partial charge in [-0.2, -0.15) is 0 Å². The molecule has 22 heavy (non-hydrogen) atoms.